The van der Waals surface area contributed by atoms with Crippen LogP contribution < -0.4 is 15.5 Å². The number of pyridine rings is 1. The van der Waals surface area contributed by atoms with E-state index in [1.165, 1.54) is 4.90 Å². The summed E-state index contributed by atoms with van der Waals surface area (Å²) in [6.07, 6.45) is 1.42. The van der Waals surface area contributed by atoms with E-state index in [1.54, 1.807) is 7.05 Å². The molecule has 9 heteroatoms. The van der Waals surface area contributed by atoms with Crippen LogP contribution in [0, 0.1) is 0 Å². The molecule has 2 unspecified atom stereocenters. The van der Waals surface area contributed by atoms with Gasteiger partial charge >= 0.3 is 6.03 Å². The molecular weight excluding hydrogens is 478 g/mol. The lowest BCUT2D eigenvalue weighted by molar-refractivity contribution is -0.125. The fourth-order valence-corrected chi connectivity index (χ4v) is 6.83. The lowest BCUT2D eigenvalue weighted by Crippen LogP contribution is -2.48. The average Bonchev–Trinajstić information content (AvgIpc) is 3.40. The summed E-state index contributed by atoms with van der Waals surface area (Å²) in [5.74, 6) is -0.242. The van der Waals surface area contributed by atoms with Crippen LogP contribution in [0.15, 0.2) is 36.4 Å². The monoisotopic (exact) mass is 501 g/mol. The standard InChI is InChI=1S/C27H24ClN5O3/c1-26-11-21(34)30-23-18(28)5-6-20(22(23)26)33(13-26)12-17-4-3-14-7-15-9-27(10-16(15)8-19(14)29-17)24(35)31-25(36)32(27)2/h3-8H,9-13H2,1-2H3,(H,30,34)(H,31,35,36). The third kappa shape index (κ3) is 2.82. The molecule has 2 N–H and O–H groups in total. The molecule has 4 aliphatic rings. The number of imide groups is 1. The van der Waals surface area contributed by atoms with Crippen LogP contribution in [0.4, 0.5) is 16.2 Å². The van der Waals surface area contributed by atoms with Gasteiger partial charge in [-0.05, 0) is 41.5 Å². The van der Waals surface area contributed by atoms with Crippen molar-refractivity contribution in [3.05, 3.63) is 63.8 Å². The van der Waals surface area contributed by atoms with Crippen LogP contribution in [0.25, 0.3) is 10.9 Å². The van der Waals surface area contributed by atoms with Gasteiger partial charge < -0.3 is 15.1 Å². The number of rotatable bonds is 2. The van der Waals surface area contributed by atoms with Crippen molar-refractivity contribution in [2.75, 3.05) is 23.8 Å². The van der Waals surface area contributed by atoms with Gasteiger partial charge in [0.25, 0.3) is 5.91 Å². The first-order chi connectivity index (χ1) is 17.2. The van der Waals surface area contributed by atoms with Crippen molar-refractivity contribution in [2.24, 2.45) is 0 Å². The van der Waals surface area contributed by atoms with Crippen LogP contribution in [0.5, 0.6) is 0 Å². The predicted octanol–water partition coefficient (Wildman–Crippen LogP) is 3.53. The Hall–Kier alpha value is -3.65. The van der Waals surface area contributed by atoms with Crippen molar-refractivity contribution in [1.29, 1.82) is 0 Å². The minimum absolute atomic E-state index is 0.00959. The highest BCUT2D eigenvalue weighted by molar-refractivity contribution is 6.34. The van der Waals surface area contributed by atoms with Gasteiger partial charge in [0.1, 0.15) is 5.54 Å². The van der Waals surface area contributed by atoms with Gasteiger partial charge in [0.05, 0.1) is 28.5 Å². The molecule has 182 valence electrons. The Morgan fingerprint density at radius 1 is 1.03 bits per heavy atom. The molecule has 36 heavy (non-hydrogen) atoms. The number of anilines is 2. The summed E-state index contributed by atoms with van der Waals surface area (Å²) in [4.78, 5) is 45.9. The van der Waals surface area contributed by atoms with Crippen molar-refractivity contribution in [2.45, 2.75) is 43.7 Å². The summed E-state index contributed by atoms with van der Waals surface area (Å²) in [7, 11) is 1.68. The van der Waals surface area contributed by atoms with Crippen LogP contribution in [0.2, 0.25) is 5.02 Å². The van der Waals surface area contributed by atoms with Gasteiger partial charge in [-0.15, -0.1) is 0 Å². The molecule has 0 bridgehead atoms. The van der Waals surface area contributed by atoms with Gasteiger partial charge in [-0.2, -0.15) is 0 Å². The maximum Gasteiger partial charge on any atom is 0.324 e. The first kappa shape index (κ1) is 21.6. The summed E-state index contributed by atoms with van der Waals surface area (Å²) in [6, 6.07) is 11.8. The normalized spacial score (nSPS) is 26.0. The molecule has 0 radical (unpaired) electrons. The largest absolute Gasteiger partial charge is 0.364 e. The van der Waals surface area contributed by atoms with E-state index < -0.39 is 5.54 Å². The van der Waals surface area contributed by atoms with E-state index >= 15 is 0 Å². The van der Waals surface area contributed by atoms with Gasteiger partial charge in [0.15, 0.2) is 0 Å². The Labute approximate surface area is 212 Å². The summed E-state index contributed by atoms with van der Waals surface area (Å²) >= 11 is 6.43. The van der Waals surface area contributed by atoms with Crippen LogP contribution in [0.3, 0.4) is 0 Å². The highest BCUT2D eigenvalue weighted by atomic mass is 35.5. The van der Waals surface area contributed by atoms with E-state index in [9.17, 15) is 14.4 Å². The zero-order chi connectivity index (χ0) is 25.0. The lowest BCUT2D eigenvalue weighted by Gasteiger charge is -2.31. The summed E-state index contributed by atoms with van der Waals surface area (Å²) in [5.41, 5.74) is 5.69. The topological polar surface area (TPSA) is 94.6 Å². The van der Waals surface area contributed by atoms with Crippen LogP contribution >= 0.6 is 11.6 Å². The van der Waals surface area contributed by atoms with Crippen molar-refractivity contribution in [1.82, 2.24) is 15.2 Å². The van der Waals surface area contributed by atoms with E-state index in [2.05, 4.69) is 40.7 Å². The van der Waals surface area contributed by atoms with E-state index in [4.69, 9.17) is 16.6 Å². The Morgan fingerprint density at radius 2 is 1.81 bits per heavy atom. The molecule has 1 fully saturated rings. The second-order valence-electron chi connectivity index (χ2n) is 10.8. The average molecular weight is 502 g/mol. The molecule has 1 spiro atoms. The van der Waals surface area contributed by atoms with Gasteiger partial charge in [-0.25, -0.2) is 4.79 Å². The Bertz CT molecular complexity index is 1550. The second kappa shape index (κ2) is 6.97. The summed E-state index contributed by atoms with van der Waals surface area (Å²) in [6.45, 7) is 3.44. The minimum Gasteiger partial charge on any atom is -0.364 e. The smallest absolute Gasteiger partial charge is 0.324 e. The minimum atomic E-state index is -0.847. The van der Waals surface area contributed by atoms with Gasteiger partial charge in [0, 0.05) is 54.9 Å². The van der Waals surface area contributed by atoms with E-state index in [0.717, 1.165) is 44.7 Å². The predicted molar refractivity (Wildman–Crippen MR) is 136 cm³/mol. The molecule has 1 aromatic heterocycles. The summed E-state index contributed by atoms with van der Waals surface area (Å²) in [5, 5.41) is 6.99. The number of likely N-dealkylation sites (N-methyl/N-ethyl adjacent to an activating group) is 1. The molecule has 3 aliphatic heterocycles. The third-order valence-corrected chi connectivity index (χ3v) is 8.72. The molecule has 1 aliphatic carbocycles. The van der Waals surface area contributed by atoms with Crippen molar-refractivity contribution < 1.29 is 14.4 Å². The van der Waals surface area contributed by atoms with Crippen molar-refractivity contribution in [3.63, 3.8) is 0 Å². The highest BCUT2D eigenvalue weighted by Crippen LogP contribution is 2.51. The number of carbonyl (C=O) groups is 3. The second-order valence-corrected chi connectivity index (χ2v) is 11.2. The maximum absolute atomic E-state index is 12.6. The number of fused-ring (bicyclic) bond motifs is 2. The lowest BCUT2D eigenvalue weighted by atomic mass is 9.78. The number of hydrogen-bond donors (Lipinski definition) is 2. The first-order valence-electron chi connectivity index (χ1n) is 12.1. The molecule has 8 nitrogen and oxygen atoms in total. The number of carbonyl (C=O) groups excluding carboxylic acids is 3. The number of benzene rings is 2. The molecule has 2 atom stereocenters. The van der Waals surface area contributed by atoms with E-state index in [-0.39, 0.29) is 23.3 Å². The Morgan fingerprint density at radius 3 is 2.56 bits per heavy atom. The molecule has 3 aromatic rings. The SMILES string of the molecule is CN1C(=O)NC(=O)C12Cc1cc3ccc(CN4CC5(C)CC(=O)Nc6c(Cl)ccc4c65)nc3cc1C2. The third-order valence-electron chi connectivity index (χ3n) is 8.41. The molecule has 7 rings (SSSR count). The number of amides is 4. The van der Waals surface area contributed by atoms with Crippen molar-refractivity contribution >= 4 is 51.7 Å². The van der Waals surface area contributed by atoms with E-state index in [0.29, 0.717) is 37.4 Å². The maximum atomic E-state index is 12.6. The number of aromatic nitrogens is 1. The van der Waals surface area contributed by atoms with Gasteiger partial charge in [-0.1, -0.05) is 24.6 Å². The van der Waals surface area contributed by atoms with Crippen LogP contribution in [-0.4, -0.2) is 46.9 Å². The Kier molecular flexibility index (Phi) is 4.19. The van der Waals surface area contributed by atoms with Gasteiger partial charge in [-0.3, -0.25) is 19.9 Å². The Balaban J connectivity index is 1.22. The van der Waals surface area contributed by atoms with Gasteiger partial charge in [0.2, 0.25) is 5.91 Å². The zero-order valence-electron chi connectivity index (χ0n) is 19.9. The molecule has 2 aromatic carbocycles. The highest BCUT2D eigenvalue weighted by Gasteiger charge is 2.54. The van der Waals surface area contributed by atoms with Crippen molar-refractivity contribution in [3.8, 4) is 0 Å². The molecule has 4 amide bonds. The number of halogens is 1. The molecule has 0 saturated carbocycles. The first-order valence-corrected chi connectivity index (χ1v) is 12.4. The summed E-state index contributed by atoms with van der Waals surface area (Å²) < 4.78 is 0. The molecule has 1 saturated heterocycles. The fraction of sp³-hybridized carbons (Fsp3) is 0.333. The molecule has 4 heterocycles. The number of hydrogen-bond acceptors (Lipinski definition) is 5. The van der Waals surface area contributed by atoms with E-state index in [1.807, 2.05) is 18.2 Å². The number of nitrogens with one attached hydrogen (secondary N) is 2. The number of urea groups is 1. The number of nitrogens with zero attached hydrogens (tertiary/aromatic N) is 3. The zero-order valence-corrected chi connectivity index (χ0v) is 20.7. The fourth-order valence-electron chi connectivity index (χ4n) is 6.62. The van der Waals surface area contributed by atoms with Crippen LogP contribution in [-0.2, 0) is 34.4 Å². The van der Waals surface area contributed by atoms with Crippen LogP contribution in [0.1, 0.15) is 35.7 Å². The quantitative estimate of drug-likeness (QED) is 0.524. The molecular formula is C27H24ClN5O3.